The van der Waals surface area contributed by atoms with E-state index in [4.69, 9.17) is 14.7 Å². The summed E-state index contributed by atoms with van der Waals surface area (Å²) in [6.45, 7) is 6.57. The van der Waals surface area contributed by atoms with Gasteiger partial charge in [-0.25, -0.2) is 0 Å². The van der Waals surface area contributed by atoms with Crippen molar-refractivity contribution in [3.63, 3.8) is 0 Å². The Kier molecular flexibility index (Phi) is 4.19. The monoisotopic (exact) mass is 219 g/mol. The summed E-state index contributed by atoms with van der Waals surface area (Å²) in [6.07, 6.45) is 0. The topological polar surface area (TPSA) is 42.2 Å². The summed E-state index contributed by atoms with van der Waals surface area (Å²) in [5.41, 5.74) is -0.487. The van der Waals surface area contributed by atoms with Crippen molar-refractivity contribution in [1.82, 2.24) is 0 Å². The highest BCUT2D eigenvalue weighted by molar-refractivity contribution is 5.39. The number of rotatable bonds is 5. The second-order valence-corrected chi connectivity index (χ2v) is 4.16. The molecule has 16 heavy (non-hydrogen) atoms. The highest BCUT2D eigenvalue weighted by Gasteiger charge is 2.18. The molecule has 1 aromatic carbocycles. The van der Waals surface area contributed by atoms with Crippen LogP contribution >= 0.6 is 0 Å². The third-order valence-electron chi connectivity index (χ3n) is 2.04. The highest BCUT2D eigenvalue weighted by Crippen LogP contribution is 2.28. The molecule has 1 rings (SSSR count). The van der Waals surface area contributed by atoms with Gasteiger partial charge >= 0.3 is 0 Å². The zero-order chi connectivity index (χ0) is 12.0. The van der Waals surface area contributed by atoms with Gasteiger partial charge in [0.2, 0.25) is 0 Å². The van der Waals surface area contributed by atoms with Gasteiger partial charge in [-0.3, -0.25) is 0 Å². The van der Waals surface area contributed by atoms with Crippen LogP contribution in [0.2, 0.25) is 0 Å². The van der Waals surface area contributed by atoms with Crippen LogP contribution in [0.25, 0.3) is 0 Å². The molecule has 0 radical (unpaired) electrons. The summed E-state index contributed by atoms with van der Waals surface area (Å²) in [4.78, 5) is 0. The van der Waals surface area contributed by atoms with E-state index in [1.165, 1.54) is 0 Å². The first-order valence-corrected chi connectivity index (χ1v) is 5.35. The Hall–Kier alpha value is -1.69. The lowest BCUT2D eigenvalue weighted by atomic mass is 9.98. The molecule has 0 unspecified atom stereocenters. The van der Waals surface area contributed by atoms with Crippen LogP contribution in [0.5, 0.6) is 11.5 Å². The molecule has 0 fully saturated rings. The molecular formula is C13H17NO2. The number of para-hydroxylation sites is 2. The standard InChI is InChI=1S/C13H17NO2/c1-4-15-11-7-5-6-8-12(11)16-10-13(2,3)9-14/h5-8H,4,10H2,1-3H3. The third kappa shape index (κ3) is 3.47. The number of nitrogens with zero attached hydrogens (tertiary/aromatic N) is 1. The summed E-state index contributed by atoms with van der Waals surface area (Å²) < 4.78 is 11.0. The average Bonchev–Trinajstić information content (AvgIpc) is 2.28. The van der Waals surface area contributed by atoms with Crippen LogP contribution in [0, 0.1) is 16.7 Å². The lowest BCUT2D eigenvalue weighted by molar-refractivity contribution is 0.214. The third-order valence-corrected chi connectivity index (χ3v) is 2.04. The molecule has 0 aromatic heterocycles. The van der Waals surface area contributed by atoms with Gasteiger partial charge in [0.1, 0.15) is 6.61 Å². The van der Waals surface area contributed by atoms with E-state index in [-0.39, 0.29) is 0 Å². The summed E-state index contributed by atoms with van der Waals surface area (Å²) in [6, 6.07) is 9.68. The van der Waals surface area contributed by atoms with Gasteiger partial charge in [-0.05, 0) is 32.9 Å². The molecular weight excluding hydrogens is 202 g/mol. The Labute approximate surface area is 96.6 Å². The van der Waals surface area contributed by atoms with E-state index in [2.05, 4.69) is 6.07 Å². The van der Waals surface area contributed by atoms with E-state index in [0.29, 0.717) is 19.0 Å². The van der Waals surface area contributed by atoms with Gasteiger partial charge in [-0.15, -0.1) is 0 Å². The van der Waals surface area contributed by atoms with Crippen molar-refractivity contribution in [2.24, 2.45) is 5.41 Å². The van der Waals surface area contributed by atoms with Crippen LogP contribution in [0.4, 0.5) is 0 Å². The van der Waals surface area contributed by atoms with E-state index in [1.807, 2.05) is 45.0 Å². The van der Waals surface area contributed by atoms with Gasteiger partial charge in [0.25, 0.3) is 0 Å². The first-order valence-electron chi connectivity index (χ1n) is 5.35. The average molecular weight is 219 g/mol. The second-order valence-electron chi connectivity index (χ2n) is 4.16. The molecule has 0 aliphatic carbocycles. The van der Waals surface area contributed by atoms with Gasteiger partial charge in [0.05, 0.1) is 18.1 Å². The van der Waals surface area contributed by atoms with Crippen molar-refractivity contribution in [1.29, 1.82) is 5.26 Å². The summed E-state index contributed by atoms with van der Waals surface area (Å²) in [5, 5.41) is 8.88. The molecule has 0 aliphatic rings. The zero-order valence-corrected chi connectivity index (χ0v) is 9.99. The van der Waals surface area contributed by atoms with Crippen molar-refractivity contribution < 1.29 is 9.47 Å². The molecule has 0 heterocycles. The van der Waals surface area contributed by atoms with Crippen LogP contribution in [0.3, 0.4) is 0 Å². The van der Waals surface area contributed by atoms with Crippen LogP contribution in [0.15, 0.2) is 24.3 Å². The van der Waals surface area contributed by atoms with Gasteiger partial charge in [0.15, 0.2) is 11.5 Å². The maximum absolute atomic E-state index is 8.88. The van der Waals surface area contributed by atoms with Crippen molar-refractivity contribution in [3.8, 4) is 17.6 Å². The Bertz CT molecular complexity index is 380. The molecule has 1 aromatic rings. The number of benzene rings is 1. The molecule has 0 atom stereocenters. The quantitative estimate of drug-likeness (QED) is 0.764. The fraction of sp³-hybridized carbons (Fsp3) is 0.462. The minimum atomic E-state index is -0.487. The van der Waals surface area contributed by atoms with Crippen LogP contribution < -0.4 is 9.47 Å². The number of nitriles is 1. The van der Waals surface area contributed by atoms with Gasteiger partial charge in [-0.2, -0.15) is 5.26 Å². The van der Waals surface area contributed by atoms with Crippen molar-refractivity contribution in [2.45, 2.75) is 20.8 Å². The molecule has 0 N–H and O–H groups in total. The SMILES string of the molecule is CCOc1ccccc1OCC(C)(C)C#N. The smallest absolute Gasteiger partial charge is 0.161 e. The first kappa shape index (κ1) is 12.4. The van der Waals surface area contributed by atoms with Crippen LogP contribution in [-0.2, 0) is 0 Å². The van der Waals surface area contributed by atoms with Crippen molar-refractivity contribution in [3.05, 3.63) is 24.3 Å². The van der Waals surface area contributed by atoms with Gasteiger partial charge < -0.3 is 9.47 Å². The molecule has 0 saturated carbocycles. The summed E-state index contributed by atoms with van der Waals surface area (Å²) in [5.74, 6) is 1.41. The van der Waals surface area contributed by atoms with Crippen LogP contribution in [-0.4, -0.2) is 13.2 Å². The molecule has 0 aliphatic heterocycles. The Balaban J connectivity index is 2.70. The number of hydrogen-bond donors (Lipinski definition) is 0. The molecule has 3 heteroatoms. The predicted octanol–water partition coefficient (Wildman–Crippen LogP) is 3.01. The summed E-state index contributed by atoms with van der Waals surface area (Å²) >= 11 is 0. The predicted molar refractivity (Wildman–Crippen MR) is 62.5 cm³/mol. The molecule has 0 spiro atoms. The van der Waals surface area contributed by atoms with E-state index < -0.39 is 5.41 Å². The maximum atomic E-state index is 8.88. The Morgan fingerprint density at radius 1 is 1.19 bits per heavy atom. The number of hydrogen-bond acceptors (Lipinski definition) is 3. The fourth-order valence-electron chi connectivity index (χ4n) is 1.13. The van der Waals surface area contributed by atoms with E-state index >= 15 is 0 Å². The second kappa shape index (κ2) is 5.41. The Morgan fingerprint density at radius 3 is 2.25 bits per heavy atom. The lowest BCUT2D eigenvalue weighted by Gasteiger charge is -2.17. The normalized spacial score (nSPS) is 10.6. The van der Waals surface area contributed by atoms with Crippen molar-refractivity contribution >= 4 is 0 Å². The summed E-state index contributed by atoms with van der Waals surface area (Å²) in [7, 11) is 0. The maximum Gasteiger partial charge on any atom is 0.161 e. The molecule has 86 valence electrons. The van der Waals surface area contributed by atoms with Gasteiger partial charge in [-0.1, -0.05) is 12.1 Å². The van der Waals surface area contributed by atoms with E-state index in [0.717, 1.165) is 5.75 Å². The minimum Gasteiger partial charge on any atom is -0.490 e. The largest absolute Gasteiger partial charge is 0.490 e. The Morgan fingerprint density at radius 2 is 1.75 bits per heavy atom. The zero-order valence-electron chi connectivity index (χ0n) is 9.99. The molecule has 3 nitrogen and oxygen atoms in total. The van der Waals surface area contributed by atoms with E-state index in [9.17, 15) is 0 Å². The first-order chi connectivity index (χ1) is 7.59. The number of ether oxygens (including phenoxy) is 2. The molecule has 0 amide bonds. The van der Waals surface area contributed by atoms with Gasteiger partial charge in [0, 0.05) is 0 Å². The highest BCUT2D eigenvalue weighted by atomic mass is 16.5. The molecule has 0 saturated heterocycles. The lowest BCUT2D eigenvalue weighted by Crippen LogP contribution is -2.19. The molecule has 0 bridgehead atoms. The van der Waals surface area contributed by atoms with E-state index in [1.54, 1.807) is 0 Å². The van der Waals surface area contributed by atoms with Crippen molar-refractivity contribution in [2.75, 3.05) is 13.2 Å². The fourth-order valence-corrected chi connectivity index (χ4v) is 1.13. The van der Waals surface area contributed by atoms with Crippen LogP contribution in [0.1, 0.15) is 20.8 Å². The minimum absolute atomic E-state index is 0.355.